The van der Waals surface area contributed by atoms with Gasteiger partial charge in [0.15, 0.2) is 0 Å². The van der Waals surface area contributed by atoms with Crippen LogP contribution in [0.2, 0.25) is 0 Å². The fourth-order valence-corrected chi connectivity index (χ4v) is 2.79. The molecule has 0 spiro atoms. The van der Waals surface area contributed by atoms with Gasteiger partial charge in [-0.25, -0.2) is 5.43 Å². The maximum Gasteiger partial charge on any atom is 0.271 e. The Bertz CT molecular complexity index is 887. The average Bonchev–Trinajstić information content (AvgIpc) is 2.58. The first-order chi connectivity index (χ1) is 12.6. The zero-order valence-corrected chi connectivity index (χ0v) is 16.8. The molecule has 0 saturated heterocycles. The van der Waals surface area contributed by atoms with Crippen molar-refractivity contribution in [2.24, 2.45) is 5.10 Å². The summed E-state index contributed by atoms with van der Waals surface area (Å²) in [6, 6.07) is 10.1. The molecule has 0 saturated carbocycles. The summed E-state index contributed by atoms with van der Waals surface area (Å²) in [5, 5.41) is 24.6. The number of benzene rings is 2. The van der Waals surface area contributed by atoms with Crippen molar-refractivity contribution >= 4 is 33.7 Å². The van der Waals surface area contributed by atoms with Gasteiger partial charge in [0.05, 0.1) is 22.0 Å². The third-order valence-electron chi connectivity index (χ3n) is 3.87. The van der Waals surface area contributed by atoms with E-state index in [1.54, 1.807) is 0 Å². The van der Waals surface area contributed by atoms with Crippen molar-refractivity contribution in [1.82, 2.24) is 5.43 Å². The quantitative estimate of drug-likeness (QED) is 0.421. The summed E-state index contributed by atoms with van der Waals surface area (Å²) < 4.78 is 0.170. The van der Waals surface area contributed by atoms with E-state index in [9.17, 15) is 20.0 Å². The van der Waals surface area contributed by atoms with Crippen LogP contribution in [0.25, 0.3) is 0 Å². The Kier molecular flexibility index (Phi) is 6.32. The van der Waals surface area contributed by atoms with Gasteiger partial charge in [-0.1, -0.05) is 45.0 Å². The van der Waals surface area contributed by atoms with Crippen LogP contribution < -0.4 is 5.43 Å². The Hall–Kier alpha value is -2.74. The van der Waals surface area contributed by atoms with Crippen LogP contribution in [0.4, 0.5) is 5.69 Å². The molecule has 0 aliphatic heterocycles. The molecule has 0 aromatic heterocycles. The molecule has 0 atom stereocenters. The summed E-state index contributed by atoms with van der Waals surface area (Å²) in [4.78, 5) is 22.3. The number of phenolic OH excluding ortho intramolecular Hbond substituents is 1. The molecule has 8 heteroatoms. The van der Waals surface area contributed by atoms with Gasteiger partial charge in [0.1, 0.15) is 5.75 Å². The van der Waals surface area contributed by atoms with E-state index in [1.165, 1.54) is 17.7 Å². The molecule has 1 amide bonds. The highest BCUT2D eigenvalue weighted by atomic mass is 79.9. The molecule has 0 aliphatic carbocycles. The predicted octanol–water partition coefficient (Wildman–Crippen LogP) is 4.05. The number of aromatic hydroxyl groups is 1. The number of carbonyl (C=O) groups excluding carboxylic acids is 1. The van der Waals surface area contributed by atoms with Crippen LogP contribution in [0.15, 0.2) is 46.0 Å². The lowest BCUT2D eigenvalue weighted by Crippen LogP contribution is -2.20. The van der Waals surface area contributed by atoms with Crippen LogP contribution in [-0.2, 0) is 16.6 Å². The molecule has 0 unspecified atom stereocenters. The van der Waals surface area contributed by atoms with Crippen LogP contribution in [0.3, 0.4) is 0 Å². The van der Waals surface area contributed by atoms with E-state index in [1.807, 2.05) is 24.3 Å². The van der Waals surface area contributed by atoms with Crippen LogP contribution in [-0.4, -0.2) is 22.2 Å². The fourth-order valence-electron chi connectivity index (χ4n) is 2.33. The van der Waals surface area contributed by atoms with Crippen LogP contribution in [0.5, 0.6) is 5.75 Å². The van der Waals surface area contributed by atoms with Crippen molar-refractivity contribution in [2.75, 3.05) is 0 Å². The number of nitro benzene ring substituents is 1. The van der Waals surface area contributed by atoms with Crippen molar-refractivity contribution < 1.29 is 14.8 Å². The van der Waals surface area contributed by atoms with E-state index in [0.717, 1.165) is 11.8 Å². The molecule has 2 N–H and O–H groups in total. The van der Waals surface area contributed by atoms with Crippen molar-refractivity contribution in [1.29, 1.82) is 0 Å². The minimum Gasteiger partial charge on any atom is -0.506 e. The first-order valence-electron chi connectivity index (χ1n) is 8.16. The molecule has 0 heterocycles. The van der Waals surface area contributed by atoms with Gasteiger partial charge in [-0.15, -0.1) is 0 Å². The molecular formula is C19H20BrN3O4. The molecule has 2 rings (SSSR count). The standard InChI is InChI=1S/C19H20BrN3O4/c1-19(2,3)14-6-4-12(5-7-14)8-17(24)22-21-11-13-9-15(23(26)27)10-16(20)18(13)25/h4-7,9-11,25H,8H2,1-3H3,(H,22,24)/b21-11-. The predicted molar refractivity (Wildman–Crippen MR) is 107 cm³/mol. The molecule has 0 bridgehead atoms. The van der Waals surface area contributed by atoms with Gasteiger partial charge in [-0.2, -0.15) is 5.10 Å². The summed E-state index contributed by atoms with van der Waals surface area (Å²) in [5.74, 6) is -0.532. The summed E-state index contributed by atoms with van der Waals surface area (Å²) >= 11 is 3.05. The van der Waals surface area contributed by atoms with Crippen LogP contribution in [0.1, 0.15) is 37.5 Å². The fraction of sp³-hybridized carbons (Fsp3) is 0.263. The molecule has 7 nitrogen and oxygen atoms in total. The summed E-state index contributed by atoms with van der Waals surface area (Å²) in [6.45, 7) is 6.35. The minimum atomic E-state index is -0.582. The molecular weight excluding hydrogens is 414 g/mol. The number of halogens is 1. The average molecular weight is 434 g/mol. The normalized spacial score (nSPS) is 11.6. The van der Waals surface area contributed by atoms with Gasteiger partial charge >= 0.3 is 0 Å². The van der Waals surface area contributed by atoms with E-state index in [0.29, 0.717) is 0 Å². The third-order valence-corrected chi connectivity index (χ3v) is 4.47. The van der Waals surface area contributed by atoms with Gasteiger partial charge < -0.3 is 5.11 Å². The molecule has 0 fully saturated rings. The Morgan fingerprint density at radius 3 is 2.48 bits per heavy atom. The first kappa shape index (κ1) is 20.6. The second-order valence-electron chi connectivity index (χ2n) is 7.04. The molecule has 142 valence electrons. The number of phenols is 1. The van der Waals surface area contributed by atoms with E-state index < -0.39 is 4.92 Å². The lowest BCUT2D eigenvalue weighted by atomic mass is 9.86. The highest BCUT2D eigenvalue weighted by molar-refractivity contribution is 9.10. The zero-order valence-electron chi connectivity index (χ0n) is 15.2. The number of amides is 1. The zero-order chi connectivity index (χ0) is 20.2. The summed E-state index contributed by atoms with van der Waals surface area (Å²) in [7, 11) is 0. The van der Waals surface area contributed by atoms with Gasteiger partial charge in [-0.3, -0.25) is 14.9 Å². The van der Waals surface area contributed by atoms with Gasteiger partial charge in [0.25, 0.3) is 5.69 Å². The maximum absolute atomic E-state index is 12.0. The lowest BCUT2D eigenvalue weighted by Gasteiger charge is -2.19. The van der Waals surface area contributed by atoms with E-state index in [2.05, 4.69) is 47.2 Å². The van der Waals surface area contributed by atoms with Crippen molar-refractivity contribution in [3.63, 3.8) is 0 Å². The van der Waals surface area contributed by atoms with Gasteiger partial charge in [-0.05, 0) is 32.5 Å². The van der Waals surface area contributed by atoms with Crippen LogP contribution >= 0.6 is 15.9 Å². The third kappa shape index (κ3) is 5.62. The Balaban J connectivity index is 2.02. The van der Waals surface area contributed by atoms with E-state index >= 15 is 0 Å². The largest absolute Gasteiger partial charge is 0.506 e. The minimum absolute atomic E-state index is 0.0413. The molecule has 27 heavy (non-hydrogen) atoms. The highest BCUT2D eigenvalue weighted by Gasteiger charge is 2.14. The molecule has 2 aromatic rings. The van der Waals surface area contributed by atoms with Gasteiger partial charge in [0.2, 0.25) is 5.91 Å². The van der Waals surface area contributed by atoms with Crippen LogP contribution in [0, 0.1) is 10.1 Å². The number of non-ortho nitro benzene ring substituents is 1. The second-order valence-corrected chi connectivity index (χ2v) is 7.89. The monoisotopic (exact) mass is 433 g/mol. The number of hydrogen-bond donors (Lipinski definition) is 2. The maximum atomic E-state index is 12.0. The number of rotatable bonds is 5. The van der Waals surface area contributed by atoms with E-state index in [-0.39, 0.29) is 39.2 Å². The smallest absolute Gasteiger partial charge is 0.271 e. The molecule has 2 aromatic carbocycles. The lowest BCUT2D eigenvalue weighted by molar-refractivity contribution is -0.385. The van der Waals surface area contributed by atoms with Gasteiger partial charge in [0, 0.05) is 17.7 Å². The highest BCUT2D eigenvalue weighted by Crippen LogP contribution is 2.31. The number of carbonyl (C=O) groups is 1. The number of nitrogens with zero attached hydrogens (tertiary/aromatic N) is 2. The first-order valence-corrected chi connectivity index (χ1v) is 8.95. The summed E-state index contributed by atoms with van der Waals surface area (Å²) in [5.41, 5.74) is 4.33. The summed E-state index contributed by atoms with van der Waals surface area (Å²) in [6.07, 6.45) is 1.31. The second kappa shape index (κ2) is 8.30. The van der Waals surface area contributed by atoms with E-state index in [4.69, 9.17) is 0 Å². The topological polar surface area (TPSA) is 105 Å². The number of nitrogens with one attached hydrogen (secondary N) is 1. The van der Waals surface area contributed by atoms with Crippen molar-refractivity contribution in [3.8, 4) is 5.75 Å². The molecule has 0 radical (unpaired) electrons. The Labute approximate surface area is 165 Å². The molecule has 0 aliphatic rings. The number of hydrazone groups is 1. The number of nitro groups is 1. The SMILES string of the molecule is CC(C)(C)c1ccc(CC(=O)N/N=C\c2cc([N+](=O)[O-])cc(Br)c2O)cc1. The van der Waals surface area contributed by atoms with Crippen molar-refractivity contribution in [3.05, 3.63) is 67.7 Å². The number of hydrogen-bond acceptors (Lipinski definition) is 5. The van der Waals surface area contributed by atoms with Crippen molar-refractivity contribution in [2.45, 2.75) is 32.6 Å². The Morgan fingerprint density at radius 1 is 1.30 bits per heavy atom. The Morgan fingerprint density at radius 2 is 1.93 bits per heavy atom.